The second-order valence-corrected chi connectivity index (χ2v) is 14.4. The molecular weight excluding hydrogens is 560 g/mol. The highest BCUT2D eigenvalue weighted by molar-refractivity contribution is 6.31. The Morgan fingerprint density at radius 2 is 1.42 bits per heavy atom. The van der Waals surface area contributed by atoms with Crippen LogP contribution in [-0.4, -0.2) is 37.8 Å². The van der Waals surface area contributed by atoms with Gasteiger partial charge in [0.15, 0.2) is 23.6 Å². The van der Waals surface area contributed by atoms with E-state index in [1.807, 2.05) is 66.0 Å². The largest absolute Gasteiger partial charge is 0.507 e. The minimum absolute atomic E-state index is 0.0206. The van der Waals surface area contributed by atoms with Crippen LogP contribution < -0.4 is 5.32 Å². The fourth-order valence-electron chi connectivity index (χ4n) is 6.43. The molecule has 4 aromatic carbocycles. The van der Waals surface area contributed by atoms with Crippen molar-refractivity contribution in [1.82, 2.24) is 4.98 Å². The average Bonchev–Trinajstić information content (AvgIpc) is 3.22. The quantitative estimate of drug-likeness (QED) is 0.0869. The summed E-state index contributed by atoms with van der Waals surface area (Å²) in [7, 11) is 0. The first kappa shape index (κ1) is 30.6. The molecule has 230 valence electrons. The number of aryl methyl sites for hydroxylation is 1. The van der Waals surface area contributed by atoms with Crippen LogP contribution in [0.4, 0.5) is 5.69 Å². The van der Waals surface area contributed by atoms with Gasteiger partial charge < -0.3 is 10.2 Å². The number of hydrogen-bond acceptors (Lipinski definition) is 4. The molecule has 1 heterocycles. The smallest absolute Gasteiger partial charge is 0.341 e. The molecule has 2 atom stereocenters. The zero-order chi connectivity index (χ0) is 32.3. The minimum Gasteiger partial charge on any atom is -0.507 e. The van der Waals surface area contributed by atoms with E-state index in [0.717, 1.165) is 38.5 Å². The van der Waals surface area contributed by atoms with E-state index < -0.39 is 12.1 Å². The zero-order valence-electron chi connectivity index (χ0n) is 26.8. The van der Waals surface area contributed by atoms with Crippen molar-refractivity contribution in [3.05, 3.63) is 112 Å². The lowest BCUT2D eigenvalue weighted by molar-refractivity contribution is -0.652. The number of aromatic hydroxyl groups is 1. The van der Waals surface area contributed by atoms with Crippen molar-refractivity contribution in [2.24, 2.45) is 0 Å². The second-order valence-electron chi connectivity index (χ2n) is 14.4. The fraction of sp³-hybridized carbons (Fsp3) is 0.308. The third-order valence-electron chi connectivity index (χ3n) is 8.92. The number of hydrogen-bond donors (Lipinski definition) is 3. The molecule has 0 amide bonds. The molecule has 1 aromatic heterocycles. The SMILES string of the molecule is CC(C)(C)c1cc(CCC(O)[NH2+]c2cccc3ccc(C4C(=O)c5cc6ccccc6cc5C4=[OH+])nc23)cc(C(C)(C)C)c1O. The molecule has 1 aliphatic carbocycles. The number of Topliss-reactive ketones (excluding diaryl/α,β-unsaturated/α-hetero) is 1. The van der Waals surface area contributed by atoms with Gasteiger partial charge in [0, 0.05) is 23.4 Å². The topological polar surface area (TPSA) is 108 Å². The molecule has 5 N–H and O–H groups in total. The molecule has 0 fully saturated rings. The summed E-state index contributed by atoms with van der Waals surface area (Å²) in [5.74, 6) is -0.668. The van der Waals surface area contributed by atoms with E-state index in [0.29, 0.717) is 40.9 Å². The number of ketones is 2. The molecule has 0 bridgehead atoms. The van der Waals surface area contributed by atoms with Crippen LogP contribution in [0.3, 0.4) is 0 Å². The Bertz CT molecular complexity index is 1890. The van der Waals surface area contributed by atoms with Gasteiger partial charge in [0.1, 0.15) is 11.3 Å². The molecule has 0 saturated carbocycles. The van der Waals surface area contributed by atoms with Crippen molar-refractivity contribution in [2.45, 2.75) is 77.4 Å². The molecule has 5 aromatic rings. The Morgan fingerprint density at radius 3 is 2.04 bits per heavy atom. The van der Waals surface area contributed by atoms with Crippen molar-refractivity contribution in [3.8, 4) is 5.75 Å². The third kappa shape index (κ3) is 5.76. The predicted molar refractivity (Wildman–Crippen MR) is 180 cm³/mol. The van der Waals surface area contributed by atoms with E-state index in [9.17, 15) is 19.8 Å². The van der Waals surface area contributed by atoms with E-state index in [4.69, 9.17) is 4.98 Å². The van der Waals surface area contributed by atoms with Crippen molar-refractivity contribution in [2.75, 3.05) is 0 Å². The van der Waals surface area contributed by atoms with E-state index in [1.165, 1.54) is 0 Å². The second kappa shape index (κ2) is 11.2. The van der Waals surface area contributed by atoms with Crippen molar-refractivity contribution >= 4 is 38.9 Å². The first-order valence-electron chi connectivity index (χ1n) is 15.6. The number of phenols is 1. The van der Waals surface area contributed by atoms with Crippen LogP contribution in [0.15, 0.2) is 78.9 Å². The standard InChI is InChI=1S/C39H40N2O4/c1-38(2,3)28-18-22(19-29(37(28)45)39(4,5)6)14-17-32(42)40-31-13-9-12-23-15-16-30(41-34(23)31)33-35(43)26-20-24-10-7-8-11-25(24)21-27(26)36(33)44/h7-13,15-16,18-21,32-33,40,42,45H,14,17H2,1-6H3/p+2. The lowest BCUT2D eigenvalue weighted by Gasteiger charge is -2.28. The van der Waals surface area contributed by atoms with Gasteiger partial charge in [0.2, 0.25) is 0 Å². The molecule has 0 radical (unpaired) electrons. The normalized spacial score (nSPS) is 16.0. The van der Waals surface area contributed by atoms with Gasteiger partial charge in [-0.05, 0) is 62.9 Å². The summed E-state index contributed by atoms with van der Waals surface area (Å²) in [6.07, 6.45) is 0.391. The lowest BCUT2D eigenvalue weighted by atomic mass is 9.78. The molecule has 6 heteroatoms. The summed E-state index contributed by atoms with van der Waals surface area (Å²) in [6.45, 7) is 12.6. The Morgan fingerprint density at radius 1 is 0.822 bits per heavy atom. The van der Waals surface area contributed by atoms with Gasteiger partial charge in [-0.25, -0.2) is 4.98 Å². The van der Waals surface area contributed by atoms with Gasteiger partial charge in [-0.3, -0.25) is 14.9 Å². The Labute approximate surface area is 264 Å². The summed E-state index contributed by atoms with van der Waals surface area (Å²) < 4.78 is 0. The average molecular weight is 603 g/mol. The van der Waals surface area contributed by atoms with Crippen LogP contribution in [0, 0.1) is 0 Å². The Balaban J connectivity index is 1.26. The fourth-order valence-corrected chi connectivity index (χ4v) is 6.43. The van der Waals surface area contributed by atoms with Crippen molar-refractivity contribution in [1.29, 1.82) is 0 Å². The number of benzene rings is 4. The minimum atomic E-state index is -0.872. The Kier molecular flexibility index (Phi) is 7.62. The molecule has 45 heavy (non-hydrogen) atoms. The van der Waals surface area contributed by atoms with E-state index in [2.05, 4.69) is 53.7 Å². The molecule has 0 saturated heterocycles. The summed E-state index contributed by atoms with van der Waals surface area (Å²) in [6, 6.07) is 25.2. The monoisotopic (exact) mass is 602 g/mol. The summed E-state index contributed by atoms with van der Waals surface area (Å²) in [5, 5.41) is 26.9. The van der Waals surface area contributed by atoms with Gasteiger partial charge >= 0.3 is 5.78 Å². The predicted octanol–water partition coefficient (Wildman–Crippen LogP) is 6.71. The highest BCUT2D eigenvalue weighted by Gasteiger charge is 2.45. The van der Waals surface area contributed by atoms with Crippen molar-refractivity contribution < 1.29 is 25.1 Å². The number of carbonyl (C=O) groups is 1. The number of rotatable bonds is 6. The van der Waals surface area contributed by atoms with Crippen LogP contribution in [0.1, 0.15) is 92.2 Å². The summed E-state index contributed by atoms with van der Waals surface area (Å²) >= 11 is 0. The molecular formula is C39H42N2O4+2. The number of aromatic nitrogens is 1. The van der Waals surface area contributed by atoms with E-state index >= 15 is 0 Å². The molecule has 1 aliphatic rings. The Hall–Kier alpha value is -4.39. The number of nitrogens with zero attached hydrogens (tertiary/aromatic N) is 1. The summed E-state index contributed by atoms with van der Waals surface area (Å²) in [4.78, 5) is 29.7. The van der Waals surface area contributed by atoms with Crippen molar-refractivity contribution in [3.63, 3.8) is 0 Å². The van der Waals surface area contributed by atoms with Gasteiger partial charge in [-0.1, -0.05) is 96.1 Å². The van der Waals surface area contributed by atoms with E-state index in [-0.39, 0.29) is 22.4 Å². The third-order valence-corrected chi connectivity index (χ3v) is 8.92. The van der Waals surface area contributed by atoms with Gasteiger partial charge in [-0.2, -0.15) is 0 Å². The zero-order valence-corrected chi connectivity index (χ0v) is 26.8. The molecule has 2 unspecified atom stereocenters. The number of fused-ring (bicyclic) bond motifs is 3. The molecule has 0 spiro atoms. The first-order valence-corrected chi connectivity index (χ1v) is 15.6. The van der Waals surface area contributed by atoms with Crippen LogP contribution in [0.2, 0.25) is 0 Å². The number of carbonyl (C=O) groups excluding carboxylic acids is 2. The van der Waals surface area contributed by atoms with Gasteiger partial charge in [0.05, 0.1) is 11.3 Å². The van der Waals surface area contributed by atoms with Gasteiger partial charge in [-0.15, -0.1) is 0 Å². The maximum atomic E-state index is 13.6. The summed E-state index contributed by atoms with van der Waals surface area (Å²) in [5.41, 5.74) is 5.43. The number of phenolic OH excluding ortho intramolecular Hbond substituents is 1. The van der Waals surface area contributed by atoms with Crippen LogP contribution in [0.25, 0.3) is 21.7 Å². The lowest BCUT2D eigenvalue weighted by Crippen LogP contribution is -2.84. The number of para-hydroxylation sites is 1. The number of pyridine rings is 1. The number of quaternary nitrogens is 1. The highest BCUT2D eigenvalue weighted by atomic mass is 16.3. The highest BCUT2D eigenvalue weighted by Crippen LogP contribution is 2.40. The van der Waals surface area contributed by atoms with Crippen LogP contribution >= 0.6 is 0 Å². The van der Waals surface area contributed by atoms with Gasteiger partial charge in [0.25, 0.3) is 0 Å². The maximum Gasteiger partial charge on any atom is 0.341 e. The van der Waals surface area contributed by atoms with Crippen LogP contribution in [-0.2, 0) is 17.3 Å². The van der Waals surface area contributed by atoms with E-state index in [1.54, 1.807) is 6.07 Å². The molecule has 6 rings (SSSR count). The molecule has 6 nitrogen and oxygen atoms in total. The number of nitrogens with two attached hydrogens (primary N) is 1. The number of aliphatic hydroxyl groups is 1. The first-order chi connectivity index (χ1) is 21.2. The number of aliphatic hydroxyl groups excluding tert-OH is 1. The molecule has 0 aliphatic heterocycles. The maximum absolute atomic E-state index is 13.6. The van der Waals surface area contributed by atoms with Crippen LogP contribution in [0.5, 0.6) is 5.75 Å².